The SMILES string of the molecule is CC(=O)NCC1CCCN(c2nnnn2-c2ccc(C)cc2)C1. The summed E-state index contributed by atoms with van der Waals surface area (Å²) in [6.07, 6.45) is 2.19. The molecule has 0 bridgehead atoms. The topological polar surface area (TPSA) is 75.9 Å². The molecule has 1 atom stereocenters. The number of tetrazole rings is 1. The second-order valence-electron chi connectivity index (χ2n) is 6.12. The zero-order valence-electron chi connectivity index (χ0n) is 13.6. The van der Waals surface area contributed by atoms with Gasteiger partial charge in [-0.15, -0.1) is 0 Å². The fourth-order valence-corrected chi connectivity index (χ4v) is 2.93. The number of piperidine rings is 1. The first-order chi connectivity index (χ1) is 11.1. The van der Waals surface area contributed by atoms with Crippen LogP contribution in [0.3, 0.4) is 0 Å². The highest BCUT2D eigenvalue weighted by Crippen LogP contribution is 2.22. The Hall–Kier alpha value is -2.44. The van der Waals surface area contributed by atoms with Gasteiger partial charge in [-0.05, 0) is 48.2 Å². The van der Waals surface area contributed by atoms with Gasteiger partial charge in [-0.1, -0.05) is 22.8 Å². The van der Waals surface area contributed by atoms with Crippen LogP contribution in [0.1, 0.15) is 25.3 Å². The number of amides is 1. The van der Waals surface area contributed by atoms with Crippen molar-refractivity contribution in [3.05, 3.63) is 29.8 Å². The molecule has 0 saturated carbocycles. The van der Waals surface area contributed by atoms with Crippen LogP contribution < -0.4 is 10.2 Å². The number of anilines is 1. The predicted octanol–water partition coefficient (Wildman–Crippen LogP) is 1.32. The van der Waals surface area contributed by atoms with Gasteiger partial charge in [0.15, 0.2) is 0 Å². The molecule has 23 heavy (non-hydrogen) atoms. The minimum Gasteiger partial charge on any atom is -0.356 e. The maximum atomic E-state index is 11.1. The minimum absolute atomic E-state index is 0.0200. The molecule has 7 nitrogen and oxygen atoms in total. The smallest absolute Gasteiger partial charge is 0.250 e. The Labute approximate surface area is 135 Å². The molecule has 0 aliphatic carbocycles. The van der Waals surface area contributed by atoms with Gasteiger partial charge >= 0.3 is 0 Å². The summed E-state index contributed by atoms with van der Waals surface area (Å²) in [7, 11) is 0. The van der Waals surface area contributed by atoms with E-state index in [4.69, 9.17) is 0 Å². The van der Waals surface area contributed by atoms with Crippen molar-refractivity contribution in [2.75, 3.05) is 24.5 Å². The minimum atomic E-state index is 0.0200. The second kappa shape index (κ2) is 6.76. The molecule has 2 aromatic rings. The lowest BCUT2D eigenvalue weighted by Gasteiger charge is -2.32. The van der Waals surface area contributed by atoms with E-state index in [-0.39, 0.29) is 5.91 Å². The van der Waals surface area contributed by atoms with Gasteiger partial charge < -0.3 is 10.2 Å². The standard InChI is InChI=1S/C16H22N6O/c1-12-5-7-15(8-6-12)22-16(18-19-20-22)21-9-3-4-14(11-21)10-17-13(2)23/h5-8,14H,3-4,9-11H2,1-2H3,(H,17,23). The number of nitrogens with one attached hydrogen (secondary N) is 1. The summed E-state index contributed by atoms with van der Waals surface area (Å²) in [4.78, 5) is 13.3. The van der Waals surface area contributed by atoms with Gasteiger partial charge in [0, 0.05) is 26.6 Å². The second-order valence-corrected chi connectivity index (χ2v) is 6.12. The summed E-state index contributed by atoms with van der Waals surface area (Å²) in [5.74, 6) is 1.21. The maximum absolute atomic E-state index is 11.1. The van der Waals surface area contributed by atoms with Crippen LogP contribution in [-0.4, -0.2) is 45.7 Å². The predicted molar refractivity (Wildman–Crippen MR) is 87.5 cm³/mol. The lowest BCUT2D eigenvalue weighted by atomic mass is 9.98. The first-order valence-electron chi connectivity index (χ1n) is 7.98. The molecule has 1 fully saturated rings. The van der Waals surface area contributed by atoms with Crippen molar-refractivity contribution >= 4 is 11.9 Å². The third-order valence-corrected chi connectivity index (χ3v) is 4.17. The molecule has 1 aliphatic rings. The molecule has 2 heterocycles. The number of hydrogen-bond acceptors (Lipinski definition) is 5. The Kier molecular flexibility index (Phi) is 4.55. The van der Waals surface area contributed by atoms with E-state index in [2.05, 4.69) is 44.8 Å². The van der Waals surface area contributed by atoms with Gasteiger partial charge in [-0.2, -0.15) is 4.68 Å². The van der Waals surface area contributed by atoms with Crippen molar-refractivity contribution in [1.29, 1.82) is 0 Å². The molecule has 1 unspecified atom stereocenters. The number of benzene rings is 1. The largest absolute Gasteiger partial charge is 0.356 e. The summed E-state index contributed by atoms with van der Waals surface area (Å²) in [5.41, 5.74) is 2.16. The third kappa shape index (κ3) is 3.67. The molecule has 1 saturated heterocycles. The van der Waals surface area contributed by atoms with Gasteiger partial charge in [0.05, 0.1) is 5.69 Å². The molecular formula is C16H22N6O. The van der Waals surface area contributed by atoms with E-state index in [9.17, 15) is 4.79 Å². The van der Waals surface area contributed by atoms with E-state index >= 15 is 0 Å². The zero-order valence-corrected chi connectivity index (χ0v) is 13.6. The average Bonchev–Trinajstić information content (AvgIpc) is 3.03. The van der Waals surface area contributed by atoms with Gasteiger partial charge in [0.2, 0.25) is 11.9 Å². The van der Waals surface area contributed by atoms with Crippen LogP contribution in [0.25, 0.3) is 5.69 Å². The van der Waals surface area contributed by atoms with Crippen molar-refractivity contribution in [2.45, 2.75) is 26.7 Å². The normalized spacial score (nSPS) is 18.0. The van der Waals surface area contributed by atoms with Crippen LogP contribution in [0.2, 0.25) is 0 Å². The zero-order chi connectivity index (χ0) is 16.2. The van der Waals surface area contributed by atoms with Crippen molar-refractivity contribution in [1.82, 2.24) is 25.5 Å². The number of aromatic nitrogens is 4. The van der Waals surface area contributed by atoms with E-state index in [0.29, 0.717) is 12.5 Å². The molecule has 122 valence electrons. The van der Waals surface area contributed by atoms with Crippen molar-refractivity contribution < 1.29 is 4.79 Å². The molecule has 0 radical (unpaired) electrons. The fourth-order valence-electron chi connectivity index (χ4n) is 2.93. The highest BCUT2D eigenvalue weighted by atomic mass is 16.1. The summed E-state index contributed by atoms with van der Waals surface area (Å²) < 4.78 is 1.78. The molecular weight excluding hydrogens is 292 g/mol. The molecule has 1 aromatic heterocycles. The highest BCUT2D eigenvalue weighted by Gasteiger charge is 2.24. The molecule has 1 aliphatic heterocycles. The Morgan fingerprint density at radius 1 is 1.35 bits per heavy atom. The average molecular weight is 314 g/mol. The lowest BCUT2D eigenvalue weighted by molar-refractivity contribution is -0.119. The Morgan fingerprint density at radius 2 is 2.13 bits per heavy atom. The van der Waals surface area contributed by atoms with Crippen LogP contribution >= 0.6 is 0 Å². The summed E-state index contributed by atoms with van der Waals surface area (Å²) >= 11 is 0. The summed E-state index contributed by atoms with van der Waals surface area (Å²) in [6.45, 7) is 6.10. The molecule has 1 amide bonds. The van der Waals surface area contributed by atoms with Gasteiger partial charge in [0.1, 0.15) is 0 Å². The third-order valence-electron chi connectivity index (χ3n) is 4.17. The Morgan fingerprint density at radius 3 is 2.87 bits per heavy atom. The lowest BCUT2D eigenvalue weighted by Crippen LogP contribution is -2.41. The van der Waals surface area contributed by atoms with E-state index in [1.807, 2.05) is 12.1 Å². The number of aryl methyl sites for hydroxylation is 1. The summed E-state index contributed by atoms with van der Waals surface area (Å²) in [6, 6.07) is 8.15. The highest BCUT2D eigenvalue weighted by molar-refractivity contribution is 5.72. The van der Waals surface area contributed by atoms with E-state index < -0.39 is 0 Å². The van der Waals surface area contributed by atoms with Gasteiger partial charge in [0.25, 0.3) is 0 Å². The first kappa shape index (κ1) is 15.5. The monoisotopic (exact) mass is 314 g/mol. The molecule has 0 spiro atoms. The fraction of sp³-hybridized carbons (Fsp3) is 0.500. The molecule has 7 heteroatoms. The Balaban J connectivity index is 1.75. The molecule has 3 rings (SSSR count). The van der Waals surface area contributed by atoms with Crippen LogP contribution in [0.5, 0.6) is 0 Å². The van der Waals surface area contributed by atoms with Crippen LogP contribution in [0, 0.1) is 12.8 Å². The maximum Gasteiger partial charge on any atom is 0.250 e. The quantitative estimate of drug-likeness (QED) is 0.921. The van der Waals surface area contributed by atoms with Gasteiger partial charge in [-0.3, -0.25) is 4.79 Å². The molecule has 1 aromatic carbocycles. The van der Waals surface area contributed by atoms with Crippen LogP contribution in [0.15, 0.2) is 24.3 Å². The summed E-state index contributed by atoms with van der Waals surface area (Å²) in [5, 5.41) is 15.1. The van der Waals surface area contributed by atoms with Crippen molar-refractivity contribution in [3.63, 3.8) is 0 Å². The van der Waals surface area contributed by atoms with Crippen molar-refractivity contribution in [2.24, 2.45) is 5.92 Å². The van der Waals surface area contributed by atoms with Crippen molar-refractivity contribution in [3.8, 4) is 5.69 Å². The van der Waals surface area contributed by atoms with Crippen LogP contribution in [-0.2, 0) is 4.79 Å². The van der Waals surface area contributed by atoms with E-state index in [1.54, 1.807) is 11.6 Å². The number of rotatable bonds is 4. The first-order valence-corrected chi connectivity index (χ1v) is 7.98. The number of hydrogen-bond donors (Lipinski definition) is 1. The number of carbonyl (C=O) groups is 1. The van der Waals surface area contributed by atoms with E-state index in [1.165, 1.54) is 5.56 Å². The Bertz CT molecular complexity index is 665. The number of nitrogens with zero attached hydrogens (tertiary/aromatic N) is 5. The number of carbonyl (C=O) groups excluding carboxylic acids is 1. The van der Waals surface area contributed by atoms with Gasteiger partial charge in [-0.25, -0.2) is 0 Å². The van der Waals surface area contributed by atoms with E-state index in [0.717, 1.165) is 37.6 Å². The molecule has 1 N–H and O–H groups in total. The van der Waals surface area contributed by atoms with Crippen LogP contribution in [0.4, 0.5) is 5.95 Å².